The quantitative estimate of drug-likeness (QED) is 0.273. The minimum absolute atomic E-state index is 0.0725. The fraction of sp³-hybridized carbons (Fsp3) is 0.704. The molecule has 0 radical (unpaired) electrons. The number of nitrogens with zero attached hydrogens (tertiary/aromatic N) is 1. The number of halogens is 1. The molecule has 0 spiro atoms. The lowest BCUT2D eigenvalue weighted by Gasteiger charge is -2.43. The van der Waals surface area contributed by atoms with Gasteiger partial charge in [0.05, 0.1) is 5.60 Å². The molecule has 0 unspecified atom stereocenters. The van der Waals surface area contributed by atoms with E-state index in [9.17, 15) is 14.7 Å². The first-order valence-electron chi connectivity index (χ1n) is 13.5. The summed E-state index contributed by atoms with van der Waals surface area (Å²) in [6.07, 6.45) is 8.70. The molecule has 1 saturated carbocycles. The summed E-state index contributed by atoms with van der Waals surface area (Å²) in [5.74, 6) is 0.486. The van der Waals surface area contributed by atoms with Crippen molar-refractivity contribution in [1.29, 1.82) is 0 Å². The topological polar surface area (TPSA) is 114 Å². The van der Waals surface area contributed by atoms with Gasteiger partial charge in [-0.2, -0.15) is 0 Å². The summed E-state index contributed by atoms with van der Waals surface area (Å²) >= 11 is 6.26. The van der Waals surface area contributed by atoms with Gasteiger partial charge in [-0.1, -0.05) is 55.8 Å². The maximum atomic E-state index is 13.3. The predicted octanol–water partition coefficient (Wildman–Crippen LogP) is 4.56. The van der Waals surface area contributed by atoms with E-state index in [0.717, 1.165) is 25.8 Å². The average Bonchev–Trinajstić information content (AvgIpc) is 2.87. The molecule has 0 bridgehead atoms. The third kappa shape index (κ3) is 8.25. The zero-order chi connectivity index (χ0) is 26.0. The molecule has 3 atom stereocenters. The molecule has 1 aliphatic carbocycles. The monoisotopic (exact) mass is 522 g/mol. The lowest BCUT2D eigenvalue weighted by atomic mass is 9.74. The Kier molecular flexibility index (Phi) is 11.1. The average molecular weight is 523 g/mol. The Hall–Kier alpha value is -2.03. The third-order valence-corrected chi connectivity index (χ3v) is 8.08. The van der Waals surface area contributed by atoms with Crippen molar-refractivity contribution in [3.8, 4) is 0 Å². The van der Waals surface area contributed by atoms with Crippen LogP contribution in [0.5, 0.6) is 0 Å². The fourth-order valence-corrected chi connectivity index (χ4v) is 6.17. The van der Waals surface area contributed by atoms with Crippen molar-refractivity contribution >= 4 is 23.7 Å². The van der Waals surface area contributed by atoms with Crippen LogP contribution in [-0.2, 0) is 5.60 Å². The summed E-state index contributed by atoms with van der Waals surface area (Å²) in [5.41, 5.74) is -0.501. The zero-order valence-corrected chi connectivity index (χ0v) is 22.2. The molecule has 0 aromatic heterocycles. The summed E-state index contributed by atoms with van der Waals surface area (Å²) in [7, 11) is 1.92. The molecule has 1 saturated heterocycles. The molecule has 1 heterocycles. The largest absolute Gasteiger partial charge is 0.465 e. The SMILES string of the molecule is CNC[C@H](CC1CCCCC1)NC(=O)N1CCC[C@@H]([C@@](O)(CCCNC(=O)O)c2cccc(Cl)c2)C1. The molecule has 2 aliphatic rings. The van der Waals surface area contributed by atoms with Gasteiger partial charge in [-0.05, 0) is 62.8 Å². The highest BCUT2D eigenvalue weighted by molar-refractivity contribution is 6.30. The number of carbonyl (C=O) groups is 2. The van der Waals surface area contributed by atoms with Gasteiger partial charge >= 0.3 is 12.1 Å². The van der Waals surface area contributed by atoms with Crippen LogP contribution in [0.25, 0.3) is 0 Å². The molecule has 2 fully saturated rings. The molecule has 1 aromatic carbocycles. The van der Waals surface area contributed by atoms with Crippen LogP contribution in [0.2, 0.25) is 5.02 Å². The summed E-state index contributed by atoms with van der Waals surface area (Å²) in [4.78, 5) is 26.0. The zero-order valence-electron chi connectivity index (χ0n) is 21.5. The number of likely N-dealkylation sites (tertiary alicyclic amines) is 1. The number of piperidine rings is 1. The van der Waals surface area contributed by atoms with E-state index in [2.05, 4.69) is 16.0 Å². The molecule has 3 rings (SSSR count). The molecule has 1 aliphatic heterocycles. The Labute approximate surface area is 220 Å². The minimum atomic E-state index is -1.21. The van der Waals surface area contributed by atoms with Crippen molar-refractivity contribution in [2.24, 2.45) is 11.8 Å². The first-order chi connectivity index (χ1) is 17.3. The summed E-state index contributed by atoms with van der Waals surface area (Å²) < 4.78 is 0. The summed E-state index contributed by atoms with van der Waals surface area (Å²) in [5, 5.41) is 30.3. The van der Waals surface area contributed by atoms with Crippen LogP contribution < -0.4 is 16.0 Å². The van der Waals surface area contributed by atoms with E-state index in [-0.39, 0.29) is 24.5 Å². The maximum Gasteiger partial charge on any atom is 0.404 e. The number of carboxylic acid groups (broad SMARTS) is 1. The minimum Gasteiger partial charge on any atom is -0.465 e. The Bertz CT molecular complexity index is 851. The Balaban J connectivity index is 1.68. The Morgan fingerprint density at radius 1 is 1.19 bits per heavy atom. The van der Waals surface area contributed by atoms with E-state index in [1.54, 1.807) is 12.1 Å². The summed E-state index contributed by atoms with van der Waals surface area (Å²) in [6.45, 7) is 2.09. The first kappa shape index (κ1) is 28.5. The van der Waals surface area contributed by atoms with Crippen molar-refractivity contribution in [2.45, 2.75) is 75.9 Å². The van der Waals surface area contributed by atoms with Crippen LogP contribution in [-0.4, -0.2) is 66.5 Å². The second-order valence-electron chi connectivity index (χ2n) is 10.5. The van der Waals surface area contributed by atoms with Crippen LogP contribution in [0, 0.1) is 11.8 Å². The van der Waals surface area contributed by atoms with Crippen LogP contribution in [0.3, 0.4) is 0 Å². The third-order valence-electron chi connectivity index (χ3n) is 7.84. The van der Waals surface area contributed by atoms with Crippen LogP contribution in [0.1, 0.15) is 69.8 Å². The van der Waals surface area contributed by atoms with E-state index >= 15 is 0 Å². The molecule has 1 aromatic rings. The predicted molar refractivity (Wildman–Crippen MR) is 142 cm³/mol. The summed E-state index contributed by atoms with van der Waals surface area (Å²) in [6, 6.07) is 7.24. The molecular weight excluding hydrogens is 480 g/mol. The maximum absolute atomic E-state index is 13.3. The second kappa shape index (κ2) is 14.1. The van der Waals surface area contributed by atoms with Gasteiger partial charge in [0.25, 0.3) is 0 Å². The van der Waals surface area contributed by atoms with Crippen LogP contribution in [0.15, 0.2) is 24.3 Å². The smallest absolute Gasteiger partial charge is 0.404 e. The lowest BCUT2D eigenvalue weighted by Crippen LogP contribution is -2.54. The number of hydrogen-bond donors (Lipinski definition) is 5. The normalized spacial score (nSPS) is 21.4. The molecule has 5 N–H and O–H groups in total. The number of carbonyl (C=O) groups excluding carboxylic acids is 1. The van der Waals surface area contributed by atoms with Crippen molar-refractivity contribution in [2.75, 3.05) is 33.2 Å². The number of benzene rings is 1. The van der Waals surface area contributed by atoms with Gasteiger partial charge in [0, 0.05) is 43.2 Å². The molecular formula is C27H43ClN4O4. The number of likely N-dealkylation sites (N-methyl/N-ethyl adjacent to an activating group) is 1. The van der Waals surface area contributed by atoms with Crippen LogP contribution in [0.4, 0.5) is 9.59 Å². The van der Waals surface area contributed by atoms with Crippen molar-refractivity contribution < 1.29 is 19.8 Å². The van der Waals surface area contributed by atoms with Gasteiger partial charge in [0.2, 0.25) is 0 Å². The van der Waals surface area contributed by atoms with Gasteiger partial charge in [-0.25, -0.2) is 9.59 Å². The number of amides is 3. The molecule has 36 heavy (non-hydrogen) atoms. The van der Waals surface area contributed by atoms with Gasteiger partial charge < -0.3 is 31.1 Å². The molecule has 8 nitrogen and oxygen atoms in total. The number of hydrogen-bond acceptors (Lipinski definition) is 4. The van der Waals surface area contributed by atoms with Gasteiger partial charge in [-0.15, -0.1) is 0 Å². The van der Waals surface area contributed by atoms with E-state index in [0.29, 0.717) is 42.4 Å². The number of urea groups is 1. The highest BCUT2D eigenvalue weighted by Crippen LogP contribution is 2.40. The van der Waals surface area contributed by atoms with Crippen LogP contribution >= 0.6 is 11.6 Å². The number of aliphatic hydroxyl groups is 1. The van der Waals surface area contributed by atoms with Gasteiger partial charge in [0.1, 0.15) is 0 Å². The van der Waals surface area contributed by atoms with Gasteiger partial charge in [0.15, 0.2) is 0 Å². The number of nitrogens with one attached hydrogen (secondary N) is 3. The van der Waals surface area contributed by atoms with Gasteiger partial charge in [-0.3, -0.25) is 0 Å². The lowest BCUT2D eigenvalue weighted by molar-refractivity contribution is -0.0552. The highest BCUT2D eigenvalue weighted by atomic mass is 35.5. The van der Waals surface area contributed by atoms with Crippen molar-refractivity contribution in [3.63, 3.8) is 0 Å². The van der Waals surface area contributed by atoms with E-state index in [1.807, 2.05) is 24.1 Å². The molecule has 3 amide bonds. The fourth-order valence-electron chi connectivity index (χ4n) is 5.98. The second-order valence-corrected chi connectivity index (χ2v) is 10.9. The van der Waals surface area contributed by atoms with E-state index in [4.69, 9.17) is 16.7 Å². The van der Waals surface area contributed by atoms with Crippen molar-refractivity contribution in [1.82, 2.24) is 20.9 Å². The first-order valence-corrected chi connectivity index (χ1v) is 13.8. The number of rotatable bonds is 11. The van der Waals surface area contributed by atoms with E-state index < -0.39 is 11.7 Å². The van der Waals surface area contributed by atoms with Crippen molar-refractivity contribution in [3.05, 3.63) is 34.9 Å². The van der Waals surface area contributed by atoms with E-state index in [1.165, 1.54) is 32.1 Å². The molecule has 9 heteroatoms. The Morgan fingerprint density at radius 2 is 1.97 bits per heavy atom. The molecule has 202 valence electrons. The highest BCUT2D eigenvalue weighted by Gasteiger charge is 2.41. The standard InChI is InChI=1S/C27H43ClN4O4/c1-29-18-24(16-20-8-3-2-4-9-20)31-25(33)32-15-6-11-22(19-32)27(36,13-7-14-30-26(34)35)21-10-5-12-23(28)17-21/h5,10,12,17,20,22,24,29-30,36H,2-4,6-9,11,13-16,18-19H2,1H3,(H,31,33)(H,34,35)/t22-,24+,27-/m1/s1. The Morgan fingerprint density at radius 3 is 2.67 bits per heavy atom.